The molecule has 0 radical (unpaired) electrons. The molecule has 0 aliphatic rings. The molecular formula is C12H14N2O. The van der Waals surface area contributed by atoms with E-state index in [0.717, 1.165) is 0 Å². The fraction of sp³-hybridized carbons (Fsp3) is 0.0833. The van der Waals surface area contributed by atoms with Crippen molar-refractivity contribution in [2.24, 2.45) is 0 Å². The number of amides is 1. The largest absolute Gasteiger partial charge is 0.399 e. The van der Waals surface area contributed by atoms with Crippen LogP contribution in [0, 0.1) is 0 Å². The lowest BCUT2D eigenvalue weighted by molar-refractivity contribution is -0.111. The van der Waals surface area contributed by atoms with Crippen molar-refractivity contribution < 1.29 is 4.79 Å². The Morgan fingerprint density at radius 3 is 2.87 bits per heavy atom. The molecule has 0 aliphatic heterocycles. The zero-order valence-corrected chi connectivity index (χ0v) is 8.60. The molecule has 1 aromatic rings. The third-order valence-electron chi connectivity index (χ3n) is 1.71. The molecule has 3 heteroatoms. The van der Waals surface area contributed by atoms with E-state index in [9.17, 15) is 4.79 Å². The quantitative estimate of drug-likeness (QED) is 0.449. The van der Waals surface area contributed by atoms with Gasteiger partial charge in [-0.1, -0.05) is 24.3 Å². The number of hydrogen-bond donors (Lipinski definition) is 2. The van der Waals surface area contributed by atoms with Gasteiger partial charge in [-0.05, 0) is 25.1 Å². The molecule has 0 atom stereocenters. The fourth-order valence-electron chi connectivity index (χ4n) is 1.05. The summed E-state index contributed by atoms with van der Waals surface area (Å²) in [6.45, 7) is 1.89. The first kappa shape index (κ1) is 11.0. The smallest absolute Gasteiger partial charge is 0.248 e. The molecule has 0 bridgehead atoms. The number of nitrogens with two attached hydrogens (primary N) is 1. The van der Waals surface area contributed by atoms with Gasteiger partial charge in [0.05, 0.1) is 0 Å². The van der Waals surface area contributed by atoms with E-state index in [2.05, 4.69) is 5.32 Å². The van der Waals surface area contributed by atoms with Crippen molar-refractivity contribution in [1.82, 2.24) is 0 Å². The first-order valence-corrected chi connectivity index (χ1v) is 4.68. The second-order valence-electron chi connectivity index (χ2n) is 3.00. The van der Waals surface area contributed by atoms with Crippen molar-refractivity contribution in [2.75, 3.05) is 11.1 Å². The molecular weight excluding hydrogens is 188 g/mol. The average molecular weight is 202 g/mol. The van der Waals surface area contributed by atoms with Gasteiger partial charge in [-0.3, -0.25) is 4.79 Å². The summed E-state index contributed by atoms with van der Waals surface area (Å²) in [5.41, 5.74) is 6.90. The first-order chi connectivity index (χ1) is 7.22. The SMILES string of the molecule is C/C=C/C=C/C(=O)Nc1cccc(N)c1. The van der Waals surface area contributed by atoms with Gasteiger partial charge in [-0.2, -0.15) is 0 Å². The number of rotatable bonds is 3. The van der Waals surface area contributed by atoms with E-state index in [0.29, 0.717) is 11.4 Å². The highest BCUT2D eigenvalue weighted by molar-refractivity contribution is 5.99. The molecule has 0 aliphatic carbocycles. The molecule has 15 heavy (non-hydrogen) atoms. The minimum Gasteiger partial charge on any atom is -0.399 e. The van der Waals surface area contributed by atoms with E-state index in [4.69, 9.17) is 5.73 Å². The van der Waals surface area contributed by atoms with Gasteiger partial charge in [0.1, 0.15) is 0 Å². The van der Waals surface area contributed by atoms with Crippen LogP contribution in [0.25, 0.3) is 0 Å². The fourth-order valence-corrected chi connectivity index (χ4v) is 1.05. The second kappa shape index (κ2) is 5.65. The molecule has 3 N–H and O–H groups in total. The number of carbonyl (C=O) groups excluding carboxylic acids is 1. The lowest BCUT2D eigenvalue weighted by Crippen LogP contribution is -2.07. The summed E-state index contributed by atoms with van der Waals surface area (Å²) >= 11 is 0. The number of carbonyl (C=O) groups is 1. The number of benzene rings is 1. The van der Waals surface area contributed by atoms with Crippen LogP contribution in [-0.4, -0.2) is 5.91 Å². The van der Waals surface area contributed by atoms with Gasteiger partial charge in [0.25, 0.3) is 0 Å². The van der Waals surface area contributed by atoms with Crippen LogP contribution >= 0.6 is 0 Å². The summed E-state index contributed by atoms with van der Waals surface area (Å²) < 4.78 is 0. The molecule has 78 valence electrons. The predicted molar refractivity (Wildman–Crippen MR) is 63.4 cm³/mol. The highest BCUT2D eigenvalue weighted by atomic mass is 16.1. The Bertz CT molecular complexity index is 394. The van der Waals surface area contributed by atoms with Crippen molar-refractivity contribution >= 4 is 17.3 Å². The molecule has 0 saturated heterocycles. The van der Waals surface area contributed by atoms with Crippen molar-refractivity contribution in [3.8, 4) is 0 Å². The van der Waals surface area contributed by atoms with E-state index in [1.165, 1.54) is 6.08 Å². The first-order valence-electron chi connectivity index (χ1n) is 4.68. The Morgan fingerprint density at radius 2 is 2.20 bits per heavy atom. The topological polar surface area (TPSA) is 55.1 Å². The van der Waals surface area contributed by atoms with Crippen LogP contribution in [0.1, 0.15) is 6.92 Å². The Morgan fingerprint density at radius 1 is 1.40 bits per heavy atom. The lowest BCUT2D eigenvalue weighted by Gasteiger charge is -2.02. The van der Waals surface area contributed by atoms with Crippen LogP contribution in [-0.2, 0) is 4.79 Å². The number of allylic oxidation sites excluding steroid dienone is 3. The lowest BCUT2D eigenvalue weighted by atomic mass is 10.3. The zero-order valence-electron chi connectivity index (χ0n) is 8.60. The number of anilines is 2. The Balaban J connectivity index is 2.59. The van der Waals surface area contributed by atoms with Crippen LogP contribution in [0.5, 0.6) is 0 Å². The Labute approximate surface area is 89.3 Å². The summed E-state index contributed by atoms with van der Waals surface area (Å²) in [6, 6.07) is 7.06. The molecule has 1 rings (SSSR count). The van der Waals surface area contributed by atoms with Crippen molar-refractivity contribution in [2.45, 2.75) is 6.92 Å². The summed E-state index contributed by atoms with van der Waals surface area (Å²) in [5.74, 6) is -0.168. The molecule has 0 aromatic heterocycles. The molecule has 1 amide bonds. The minimum absolute atomic E-state index is 0.168. The number of nitrogen functional groups attached to an aromatic ring is 1. The molecule has 0 saturated carbocycles. The predicted octanol–water partition coefficient (Wildman–Crippen LogP) is 2.34. The van der Waals surface area contributed by atoms with Crippen molar-refractivity contribution in [3.63, 3.8) is 0 Å². The van der Waals surface area contributed by atoms with Gasteiger partial charge in [0.2, 0.25) is 5.91 Å². The van der Waals surface area contributed by atoms with Gasteiger partial charge in [0, 0.05) is 17.5 Å². The maximum Gasteiger partial charge on any atom is 0.248 e. The van der Waals surface area contributed by atoms with Gasteiger partial charge in [0.15, 0.2) is 0 Å². The van der Waals surface area contributed by atoms with Crippen LogP contribution in [0.3, 0.4) is 0 Å². The molecule has 3 nitrogen and oxygen atoms in total. The summed E-state index contributed by atoms with van der Waals surface area (Å²) in [4.78, 5) is 11.3. The highest BCUT2D eigenvalue weighted by Crippen LogP contribution is 2.11. The second-order valence-corrected chi connectivity index (χ2v) is 3.00. The van der Waals surface area contributed by atoms with Crippen LogP contribution in [0.15, 0.2) is 48.6 Å². The average Bonchev–Trinajstić information content (AvgIpc) is 2.18. The number of nitrogens with one attached hydrogen (secondary N) is 1. The van der Waals surface area contributed by atoms with Gasteiger partial charge in [-0.15, -0.1) is 0 Å². The van der Waals surface area contributed by atoms with Crippen LogP contribution in [0.2, 0.25) is 0 Å². The third kappa shape index (κ3) is 4.13. The molecule has 0 heterocycles. The van der Waals surface area contributed by atoms with E-state index in [-0.39, 0.29) is 5.91 Å². The van der Waals surface area contributed by atoms with Gasteiger partial charge < -0.3 is 11.1 Å². The van der Waals surface area contributed by atoms with Crippen molar-refractivity contribution in [3.05, 3.63) is 48.6 Å². The van der Waals surface area contributed by atoms with E-state index >= 15 is 0 Å². The van der Waals surface area contributed by atoms with E-state index < -0.39 is 0 Å². The van der Waals surface area contributed by atoms with E-state index in [1.54, 1.807) is 36.4 Å². The van der Waals surface area contributed by atoms with Crippen LogP contribution < -0.4 is 11.1 Å². The normalized spacial score (nSPS) is 11.0. The minimum atomic E-state index is -0.168. The number of hydrogen-bond acceptors (Lipinski definition) is 2. The molecule has 1 aromatic carbocycles. The Kier molecular flexibility index (Phi) is 4.16. The maximum absolute atomic E-state index is 11.3. The Hall–Kier alpha value is -2.03. The summed E-state index contributed by atoms with van der Waals surface area (Å²) in [6.07, 6.45) is 6.79. The monoisotopic (exact) mass is 202 g/mol. The zero-order chi connectivity index (χ0) is 11.1. The third-order valence-corrected chi connectivity index (χ3v) is 1.71. The standard InChI is InChI=1S/C12H14N2O/c1-2-3-4-8-12(15)14-11-7-5-6-10(13)9-11/h2-9H,13H2,1H3,(H,14,15)/b3-2+,8-4+. The highest BCUT2D eigenvalue weighted by Gasteiger charge is 1.96. The van der Waals surface area contributed by atoms with Crippen LogP contribution in [0.4, 0.5) is 11.4 Å². The molecule has 0 fully saturated rings. The summed E-state index contributed by atoms with van der Waals surface area (Å²) in [7, 11) is 0. The van der Waals surface area contributed by atoms with Crippen molar-refractivity contribution in [1.29, 1.82) is 0 Å². The van der Waals surface area contributed by atoms with Gasteiger partial charge >= 0.3 is 0 Å². The summed E-state index contributed by atoms with van der Waals surface area (Å²) in [5, 5.41) is 2.70. The molecule has 0 unspecified atom stereocenters. The van der Waals surface area contributed by atoms with Gasteiger partial charge in [-0.25, -0.2) is 0 Å². The van der Waals surface area contributed by atoms with E-state index in [1.807, 2.05) is 13.0 Å². The molecule has 0 spiro atoms. The maximum atomic E-state index is 11.3.